The Morgan fingerprint density at radius 2 is 2.14 bits per heavy atom. The fourth-order valence-corrected chi connectivity index (χ4v) is 2.01. The van der Waals surface area contributed by atoms with Crippen LogP contribution in [0.3, 0.4) is 0 Å². The highest BCUT2D eigenvalue weighted by atomic mass is 19.1. The fourth-order valence-electron chi connectivity index (χ4n) is 2.01. The molecular formula is C11H14FNO. The predicted octanol–water partition coefficient (Wildman–Crippen LogP) is 1.91. The molecule has 0 unspecified atom stereocenters. The molecule has 76 valence electrons. The van der Waals surface area contributed by atoms with Gasteiger partial charge in [-0.1, -0.05) is 0 Å². The monoisotopic (exact) mass is 195 g/mol. The number of halogens is 1. The summed E-state index contributed by atoms with van der Waals surface area (Å²) < 4.78 is 13.0. The van der Waals surface area contributed by atoms with Crippen molar-refractivity contribution in [1.29, 1.82) is 0 Å². The SMILES string of the molecule is NCCC1(c2cc(F)ccc2O)CC1. The maximum atomic E-state index is 13.0. The van der Waals surface area contributed by atoms with E-state index in [-0.39, 0.29) is 17.0 Å². The van der Waals surface area contributed by atoms with E-state index in [0.29, 0.717) is 6.54 Å². The lowest BCUT2D eigenvalue weighted by Gasteiger charge is -2.15. The van der Waals surface area contributed by atoms with Gasteiger partial charge in [0.1, 0.15) is 11.6 Å². The summed E-state index contributed by atoms with van der Waals surface area (Å²) in [6.07, 6.45) is 2.83. The number of hydrogen-bond donors (Lipinski definition) is 2. The Labute approximate surface area is 82.5 Å². The zero-order chi connectivity index (χ0) is 10.2. The van der Waals surface area contributed by atoms with Gasteiger partial charge in [0.2, 0.25) is 0 Å². The second-order valence-electron chi connectivity index (χ2n) is 3.98. The van der Waals surface area contributed by atoms with Gasteiger partial charge in [-0.15, -0.1) is 0 Å². The van der Waals surface area contributed by atoms with Gasteiger partial charge in [-0.25, -0.2) is 4.39 Å². The van der Waals surface area contributed by atoms with Crippen LogP contribution in [0.5, 0.6) is 5.75 Å². The first-order chi connectivity index (χ1) is 6.68. The van der Waals surface area contributed by atoms with E-state index < -0.39 is 0 Å². The van der Waals surface area contributed by atoms with Gasteiger partial charge in [-0.05, 0) is 44.0 Å². The minimum atomic E-state index is -0.291. The Bertz CT molecular complexity index is 347. The molecule has 0 radical (unpaired) electrons. The number of hydrogen-bond acceptors (Lipinski definition) is 2. The first kappa shape index (κ1) is 9.46. The van der Waals surface area contributed by atoms with Crippen LogP contribution in [0.15, 0.2) is 18.2 Å². The van der Waals surface area contributed by atoms with Crippen LogP contribution >= 0.6 is 0 Å². The molecule has 0 bridgehead atoms. The van der Waals surface area contributed by atoms with Crippen molar-refractivity contribution >= 4 is 0 Å². The van der Waals surface area contributed by atoms with Crippen molar-refractivity contribution in [1.82, 2.24) is 0 Å². The standard InChI is InChI=1S/C11H14FNO/c12-8-1-2-10(14)9(7-8)11(3-4-11)5-6-13/h1-2,7,14H,3-6,13H2. The van der Waals surface area contributed by atoms with E-state index in [1.54, 1.807) is 0 Å². The number of phenols is 1. The number of nitrogens with two attached hydrogens (primary N) is 1. The van der Waals surface area contributed by atoms with E-state index in [2.05, 4.69) is 0 Å². The summed E-state index contributed by atoms with van der Waals surface area (Å²) >= 11 is 0. The molecule has 0 amide bonds. The van der Waals surface area contributed by atoms with Crippen molar-refractivity contribution in [2.24, 2.45) is 5.73 Å². The molecule has 2 nitrogen and oxygen atoms in total. The summed E-state index contributed by atoms with van der Waals surface area (Å²) in [5.41, 5.74) is 6.19. The lowest BCUT2D eigenvalue weighted by atomic mass is 9.91. The van der Waals surface area contributed by atoms with Crippen LogP contribution in [0, 0.1) is 5.82 Å². The molecule has 3 N–H and O–H groups in total. The van der Waals surface area contributed by atoms with E-state index in [1.165, 1.54) is 18.2 Å². The van der Waals surface area contributed by atoms with Crippen LogP contribution in [0.2, 0.25) is 0 Å². The van der Waals surface area contributed by atoms with Crippen LogP contribution < -0.4 is 5.73 Å². The van der Waals surface area contributed by atoms with Crippen LogP contribution in [0.25, 0.3) is 0 Å². The molecule has 1 aliphatic carbocycles. The van der Waals surface area contributed by atoms with Crippen LogP contribution in [-0.2, 0) is 5.41 Å². The molecule has 1 fully saturated rings. The molecule has 1 aliphatic rings. The van der Waals surface area contributed by atoms with Crippen LogP contribution in [-0.4, -0.2) is 11.7 Å². The van der Waals surface area contributed by atoms with E-state index in [1.807, 2.05) is 0 Å². The number of phenolic OH excluding ortho intramolecular Hbond substituents is 1. The van der Waals surface area contributed by atoms with E-state index >= 15 is 0 Å². The smallest absolute Gasteiger partial charge is 0.123 e. The second kappa shape index (κ2) is 3.24. The van der Waals surface area contributed by atoms with Crippen molar-refractivity contribution in [3.8, 4) is 5.75 Å². The van der Waals surface area contributed by atoms with Gasteiger partial charge in [0, 0.05) is 11.0 Å². The lowest BCUT2D eigenvalue weighted by Crippen LogP contribution is -2.13. The average Bonchev–Trinajstić information content (AvgIpc) is 2.91. The predicted molar refractivity (Wildman–Crippen MR) is 52.6 cm³/mol. The lowest BCUT2D eigenvalue weighted by molar-refractivity contribution is 0.451. The highest BCUT2D eigenvalue weighted by molar-refractivity contribution is 5.42. The number of benzene rings is 1. The topological polar surface area (TPSA) is 46.2 Å². The molecule has 0 aliphatic heterocycles. The summed E-state index contributed by atoms with van der Waals surface area (Å²) in [4.78, 5) is 0. The Balaban J connectivity index is 2.35. The molecule has 0 spiro atoms. The van der Waals surface area contributed by atoms with Gasteiger partial charge in [0.15, 0.2) is 0 Å². The molecule has 14 heavy (non-hydrogen) atoms. The molecule has 0 heterocycles. The van der Waals surface area contributed by atoms with Crippen molar-refractivity contribution in [3.05, 3.63) is 29.6 Å². The minimum Gasteiger partial charge on any atom is -0.508 e. The van der Waals surface area contributed by atoms with Gasteiger partial charge >= 0.3 is 0 Å². The third-order valence-electron chi connectivity index (χ3n) is 3.01. The molecule has 0 aromatic heterocycles. The highest BCUT2D eigenvalue weighted by Crippen LogP contribution is 2.53. The third-order valence-corrected chi connectivity index (χ3v) is 3.01. The largest absolute Gasteiger partial charge is 0.508 e. The third kappa shape index (κ3) is 1.48. The summed E-state index contributed by atoms with van der Waals surface area (Å²) in [5, 5.41) is 9.63. The van der Waals surface area contributed by atoms with E-state index in [4.69, 9.17) is 5.73 Å². The van der Waals surface area contributed by atoms with Crippen LogP contribution in [0.4, 0.5) is 4.39 Å². The molecule has 2 rings (SSSR count). The fraction of sp³-hybridized carbons (Fsp3) is 0.455. The number of rotatable bonds is 3. The summed E-state index contributed by atoms with van der Waals surface area (Å²) in [5.74, 6) is -0.0987. The molecular weight excluding hydrogens is 181 g/mol. The Morgan fingerprint density at radius 1 is 1.43 bits per heavy atom. The zero-order valence-electron chi connectivity index (χ0n) is 7.96. The highest BCUT2D eigenvalue weighted by Gasteiger charge is 2.45. The summed E-state index contributed by atoms with van der Waals surface area (Å²) in [6, 6.07) is 4.12. The Morgan fingerprint density at radius 3 is 2.71 bits per heavy atom. The molecule has 0 saturated heterocycles. The van der Waals surface area contributed by atoms with Gasteiger partial charge < -0.3 is 10.8 Å². The van der Waals surface area contributed by atoms with Gasteiger partial charge in [-0.3, -0.25) is 0 Å². The van der Waals surface area contributed by atoms with Crippen molar-refractivity contribution in [2.75, 3.05) is 6.54 Å². The van der Waals surface area contributed by atoms with Crippen molar-refractivity contribution in [3.63, 3.8) is 0 Å². The molecule has 0 atom stereocenters. The van der Waals surface area contributed by atoms with Crippen molar-refractivity contribution < 1.29 is 9.50 Å². The van der Waals surface area contributed by atoms with E-state index in [0.717, 1.165) is 24.8 Å². The Hall–Kier alpha value is -1.09. The summed E-state index contributed by atoms with van der Waals surface area (Å²) in [7, 11) is 0. The Kier molecular flexibility index (Phi) is 2.19. The van der Waals surface area contributed by atoms with E-state index in [9.17, 15) is 9.50 Å². The second-order valence-corrected chi connectivity index (χ2v) is 3.98. The maximum Gasteiger partial charge on any atom is 0.123 e. The molecule has 1 aromatic rings. The average molecular weight is 195 g/mol. The number of aromatic hydroxyl groups is 1. The van der Waals surface area contributed by atoms with Crippen LogP contribution in [0.1, 0.15) is 24.8 Å². The van der Waals surface area contributed by atoms with Gasteiger partial charge in [0.05, 0.1) is 0 Å². The first-order valence-electron chi connectivity index (χ1n) is 4.87. The van der Waals surface area contributed by atoms with Crippen molar-refractivity contribution in [2.45, 2.75) is 24.7 Å². The molecule has 3 heteroatoms. The zero-order valence-corrected chi connectivity index (χ0v) is 7.96. The quantitative estimate of drug-likeness (QED) is 0.773. The van der Waals surface area contributed by atoms with Gasteiger partial charge in [0.25, 0.3) is 0 Å². The normalized spacial score (nSPS) is 18.1. The molecule has 1 saturated carbocycles. The minimum absolute atomic E-state index is 0.0407. The van der Waals surface area contributed by atoms with Gasteiger partial charge in [-0.2, -0.15) is 0 Å². The molecule has 1 aromatic carbocycles. The first-order valence-corrected chi connectivity index (χ1v) is 4.87. The summed E-state index contributed by atoms with van der Waals surface area (Å²) in [6.45, 7) is 0.579. The maximum absolute atomic E-state index is 13.0.